The lowest BCUT2D eigenvalue weighted by atomic mass is 10.1. The number of nitrogens with zero attached hydrogens (tertiary/aromatic N) is 2. The molecular formula is C20H28F3N3O4. The van der Waals surface area contributed by atoms with Gasteiger partial charge in [-0.3, -0.25) is 4.79 Å². The molecule has 0 aliphatic carbocycles. The minimum Gasteiger partial charge on any atom is -0.444 e. The molecule has 0 aromatic heterocycles. The number of hydrogen-bond donors (Lipinski definition) is 1. The van der Waals surface area contributed by atoms with E-state index in [9.17, 15) is 22.8 Å². The summed E-state index contributed by atoms with van der Waals surface area (Å²) in [5.74, 6) is -0.497. The van der Waals surface area contributed by atoms with Gasteiger partial charge in [0.05, 0.1) is 0 Å². The Hall–Kier alpha value is -2.65. The van der Waals surface area contributed by atoms with E-state index >= 15 is 0 Å². The fourth-order valence-corrected chi connectivity index (χ4v) is 3.07. The number of piperazine rings is 1. The largest absolute Gasteiger partial charge is 0.573 e. The van der Waals surface area contributed by atoms with E-state index in [0.29, 0.717) is 38.3 Å². The lowest BCUT2D eigenvalue weighted by Gasteiger charge is -2.37. The number of nitrogens with one attached hydrogen (secondary N) is 1. The Morgan fingerprint density at radius 2 is 1.77 bits per heavy atom. The molecule has 0 saturated carbocycles. The highest BCUT2D eigenvalue weighted by Crippen LogP contribution is 2.27. The average molecular weight is 431 g/mol. The molecule has 1 heterocycles. The van der Waals surface area contributed by atoms with Gasteiger partial charge in [0.1, 0.15) is 17.4 Å². The van der Waals surface area contributed by atoms with Crippen molar-refractivity contribution >= 4 is 17.7 Å². The molecule has 2 rings (SSSR count). The Balaban J connectivity index is 1.93. The summed E-state index contributed by atoms with van der Waals surface area (Å²) < 4.78 is 46.5. The quantitative estimate of drug-likeness (QED) is 0.772. The van der Waals surface area contributed by atoms with Crippen LogP contribution in [0.3, 0.4) is 0 Å². The number of alkyl carbamates (subject to hydrolysis) is 1. The van der Waals surface area contributed by atoms with E-state index in [1.807, 2.05) is 4.90 Å². The lowest BCUT2D eigenvalue weighted by Crippen LogP contribution is -2.55. The number of ether oxygens (including phenoxy) is 2. The standard InChI is InChI=1S/C20H28F3N3O4/c1-5-16(24-18(28)30-19(2,3)4)17(27)26-11-9-25(10-12-26)14-7-6-8-15(13-14)29-20(21,22)23/h6-8,13,16H,5,9-12H2,1-4H3,(H,24,28)/t16-/m1/s1. The Morgan fingerprint density at radius 1 is 1.13 bits per heavy atom. The first kappa shape index (κ1) is 23.6. The summed E-state index contributed by atoms with van der Waals surface area (Å²) in [4.78, 5) is 28.3. The number of benzene rings is 1. The van der Waals surface area contributed by atoms with Gasteiger partial charge in [-0.15, -0.1) is 13.2 Å². The predicted molar refractivity (Wildman–Crippen MR) is 105 cm³/mol. The van der Waals surface area contributed by atoms with E-state index in [0.717, 1.165) is 0 Å². The van der Waals surface area contributed by atoms with E-state index in [1.165, 1.54) is 18.2 Å². The van der Waals surface area contributed by atoms with Crippen LogP contribution in [-0.2, 0) is 9.53 Å². The third kappa shape index (κ3) is 7.31. The van der Waals surface area contributed by atoms with Gasteiger partial charge in [0.15, 0.2) is 0 Å². The molecule has 0 spiro atoms. The topological polar surface area (TPSA) is 71.1 Å². The van der Waals surface area contributed by atoms with Gasteiger partial charge in [0.2, 0.25) is 5.91 Å². The van der Waals surface area contributed by atoms with Crippen LogP contribution in [0.5, 0.6) is 5.75 Å². The zero-order valence-corrected chi connectivity index (χ0v) is 17.6. The van der Waals surface area contributed by atoms with Gasteiger partial charge in [-0.2, -0.15) is 0 Å². The van der Waals surface area contributed by atoms with Crippen molar-refractivity contribution in [2.75, 3.05) is 31.1 Å². The monoisotopic (exact) mass is 431 g/mol. The van der Waals surface area contributed by atoms with Crippen molar-refractivity contribution in [3.05, 3.63) is 24.3 Å². The molecular weight excluding hydrogens is 403 g/mol. The summed E-state index contributed by atoms with van der Waals surface area (Å²) in [7, 11) is 0. The molecule has 168 valence electrons. The van der Waals surface area contributed by atoms with Crippen molar-refractivity contribution in [2.24, 2.45) is 0 Å². The zero-order valence-electron chi connectivity index (χ0n) is 17.6. The van der Waals surface area contributed by atoms with Crippen molar-refractivity contribution < 1.29 is 32.2 Å². The molecule has 1 saturated heterocycles. The average Bonchev–Trinajstić information content (AvgIpc) is 2.63. The van der Waals surface area contributed by atoms with Gasteiger partial charge in [0.25, 0.3) is 0 Å². The summed E-state index contributed by atoms with van der Waals surface area (Å²) >= 11 is 0. The van der Waals surface area contributed by atoms with E-state index in [1.54, 1.807) is 38.7 Å². The maximum absolute atomic E-state index is 12.8. The zero-order chi connectivity index (χ0) is 22.5. The molecule has 1 aliphatic rings. The number of carbonyl (C=O) groups is 2. The van der Waals surface area contributed by atoms with Crippen LogP contribution in [0.25, 0.3) is 0 Å². The molecule has 1 N–H and O–H groups in total. The van der Waals surface area contributed by atoms with Gasteiger partial charge in [-0.05, 0) is 39.3 Å². The van der Waals surface area contributed by atoms with Crippen LogP contribution in [0.15, 0.2) is 24.3 Å². The second kappa shape index (κ2) is 9.44. The first-order valence-electron chi connectivity index (χ1n) is 9.77. The Labute approximate surface area is 174 Å². The number of rotatable bonds is 5. The predicted octanol–water partition coefficient (Wildman–Crippen LogP) is 3.54. The molecule has 1 aliphatic heterocycles. The van der Waals surface area contributed by atoms with Gasteiger partial charge in [0, 0.05) is 37.9 Å². The smallest absolute Gasteiger partial charge is 0.444 e. The Kier molecular flexibility index (Phi) is 7.44. The van der Waals surface area contributed by atoms with Crippen LogP contribution in [0.2, 0.25) is 0 Å². The van der Waals surface area contributed by atoms with Gasteiger partial charge in [-0.25, -0.2) is 4.79 Å². The van der Waals surface area contributed by atoms with Crippen molar-refractivity contribution in [1.29, 1.82) is 0 Å². The third-order valence-corrected chi connectivity index (χ3v) is 4.40. The number of alkyl halides is 3. The second-order valence-corrected chi connectivity index (χ2v) is 7.96. The highest BCUT2D eigenvalue weighted by molar-refractivity contribution is 5.86. The normalized spacial score (nSPS) is 16.1. The van der Waals surface area contributed by atoms with Crippen molar-refractivity contribution in [3.63, 3.8) is 0 Å². The Morgan fingerprint density at radius 3 is 2.30 bits per heavy atom. The Bertz CT molecular complexity index is 742. The van der Waals surface area contributed by atoms with E-state index in [-0.39, 0.29) is 11.7 Å². The number of hydrogen-bond acceptors (Lipinski definition) is 5. The van der Waals surface area contributed by atoms with Crippen LogP contribution < -0.4 is 15.0 Å². The molecule has 10 heteroatoms. The molecule has 7 nitrogen and oxygen atoms in total. The van der Waals surface area contributed by atoms with E-state index < -0.39 is 24.1 Å². The number of carbonyl (C=O) groups excluding carboxylic acids is 2. The molecule has 0 radical (unpaired) electrons. The first-order chi connectivity index (χ1) is 13.9. The minimum atomic E-state index is -4.75. The van der Waals surface area contributed by atoms with E-state index in [2.05, 4.69) is 10.1 Å². The molecule has 0 unspecified atom stereocenters. The van der Waals surface area contributed by atoms with Crippen molar-refractivity contribution in [2.45, 2.75) is 52.1 Å². The summed E-state index contributed by atoms with van der Waals surface area (Å²) in [6, 6.07) is 5.05. The molecule has 0 bridgehead atoms. The van der Waals surface area contributed by atoms with Crippen LogP contribution >= 0.6 is 0 Å². The molecule has 1 fully saturated rings. The number of amides is 2. The summed E-state index contributed by atoms with van der Waals surface area (Å²) in [5.41, 5.74) is -0.0794. The van der Waals surface area contributed by atoms with Crippen LogP contribution in [-0.4, -0.2) is 61.1 Å². The molecule has 30 heavy (non-hydrogen) atoms. The number of anilines is 1. The molecule has 2 amide bonds. The minimum absolute atomic E-state index is 0.211. The van der Waals surface area contributed by atoms with Crippen molar-refractivity contribution in [3.8, 4) is 5.75 Å². The first-order valence-corrected chi connectivity index (χ1v) is 9.77. The summed E-state index contributed by atoms with van der Waals surface area (Å²) in [5, 5.41) is 2.60. The van der Waals surface area contributed by atoms with Gasteiger partial charge < -0.3 is 24.6 Å². The SMILES string of the molecule is CC[C@@H](NC(=O)OC(C)(C)C)C(=O)N1CCN(c2cccc(OC(F)(F)F)c2)CC1. The van der Waals surface area contributed by atoms with Gasteiger partial charge >= 0.3 is 12.5 Å². The summed E-state index contributed by atoms with van der Waals surface area (Å²) in [6.07, 6.45) is -4.99. The number of halogens is 3. The van der Waals surface area contributed by atoms with Crippen molar-refractivity contribution in [1.82, 2.24) is 10.2 Å². The van der Waals surface area contributed by atoms with Gasteiger partial charge in [-0.1, -0.05) is 13.0 Å². The van der Waals surface area contributed by atoms with Crippen LogP contribution in [0.4, 0.5) is 23.7 Å². The van der Waals surface area contributed by atoms with E-state index in [4.69, 9.17) is 4.74 Å². The molecule has 1 atom stereocenters. The maximum Gasteiger partial charge on any atom is 0.573 e. The highest BCUT2D eigenvalue weighted by Gasteiger charge is 2.32. The molecule has 1 aromatic rings. The lowest BCUT2D eigenvalue weighted by molar-refractivity contribution is -0.274. The highest BCUT2D eigenvalue weighted by atomic mass is 19.4. The second-order valence-electron chi connectivity index (χ2n) is 7.96. The fourth-order valence-electron chi connectivity index (χ4n) is 3.07. The third-order valence-electron chi connectivity index (χ3n) is 4.40. The molecule has 1 aromatic carbocycles. The summed E-state index contributed by atoms with van der Waals surface area (Å²) in [6.45, 7) is 8.68. The maximum atomic E-state index is 12.8. The van der Waals surface area contributed by atoms with Crippen LogP contribution in [0, 0.1) is 0 Å². The fraction of sp³-hybridized carbons (Fsp3) is 0.600. The van der Waals surface area contributed by atoms with Crippen LogP contribution in [0.1, 0.15) is 34.1 Å².